The minimum absolute atomic E-state index is 0.0828. The lowest BCUT2D eigenvalue weighted by Gasteiger charge is -2.25. The molecule has 9 heteroatoms. The Balaban J connectivity index is 1.54. The third-order valence-corrected chi connectivity index (χ3v) is 6.89. The second-order valence-corrected chi connectivity index (χ2v) is 10.2. The van der Waals surface area contributed by atoms with Crippen molar-refractivity contribution in [1.82, 2.24) is 15.3 Å². The summed E-state index contributed by atoms with van der Waals surface area (Å²) in [6, 6.07) is 13.6. The van der Waals surface area contributed by atoms with Crippen molar-refractivity contribution in [3.63, 3.8) is 0 Å². The monoisotopic (exact) mass is 521 g/mol. The number of nitrogens with one attached hydrogen (secondary N) is 1. The Morgan fingerprint density at radius 2 is 1.97 bits per heavy atom. The van der Waals surface area contributed by atoms with Crippen LogP contribution in [-0.2, 0) is 17.8 Å². The summed E-state index contributed by atoms with van der Waals surface area (Å²) in [6.45, 7) is 7.36. The quantitative estimate of drug-likeness (QED) is 0.257. The summed E-state index contributed by atoms with van der Waals surface area (Å²) in [5, 5.41) is 16.0. The molecule has 1 unspecified atom stereocenters. The number of aryl methyl sites for hydroxylation is 2. The van der Waals surface area contributed by atoms with E-state index in [0.29, 0.717) is 30.4 Å². The average Bonchev–Trinajstić information content (AvgIpc) is 3.53. The Hall–Kier alpha value is -3.69. The summed E-state index contributed by atoms with van der Waals surface area (Å²) in [7, 11) is 1.54. The molecule has 2 heterocycles. The summed E-state index contributed by atoms with van der Waals surface area (Å²) < 4.78 is 17.3. The molecule has 4 aromatic rings. The van der Waals surface area contributed by atoms with Crippen molar-refractivity contribution >= 4 is 17.3 Å². The maximum atomic E-state index is 11.6. The third kappa shape index (κ3) is 6.18. The molecule has 0 saturated carbocycles. The number of nitrogens with zero attached hydrogens (tertiary/aromatic N) is 2. The highest BCUT2D eigenvalue weighted by Crippen LogP contribution is 2.35. The number of ether oxygens (including phenoxy) is 2. The second kappa shape index (κ2) is 11.1. The first-order chi connectivity index (χ1) is 17.7. The first kappa shape index (κ1) is 26.4. The minimum Gasteiger partial charge on any atom is -0.493 e. The fraction of sp³-hybridized carbons (Fsp3) is 0.321. The number of aromatic nitrogens is 2. The van der Waals surface area contributed by atoms with Gasteiger partial charge in [-0.15, -0.1) is 11.3 Å². The van der Waals surface area contributed by atoms with Gasteiger partial charge < -0.3 is 24.3 Å². The first-order valence-electron chi connectivity index (χ1n) is 11.9. The Morgan fingerprint density at radius 1 is 1.22 bits per heavy atom. The topological polar surface area (TPSA) is 107 Å². The highest BCUT2D eigenvalue weighted by Gasteiger charge is 2.31. The van der Waals surface area contributed by atoms with E-state index in [1.165, 1.54) is 13.8 Å². The van der Waals surface area contributed by atoms with E-state index in [1.807, 2.05) is 61.7 Å². The summed E-state index contributed by atoms with van der Waals surface area (Å²) in [4.78, 5) is 20.9. The van der Waals surface area contributed by atoms with Gasteiger partial charge in [0.1, 0.15) is 10.8 Å². The molecule has 8 nitrogen and oxygen atoms in total. The Kier molecular flexibility index (Phi) is 7.94. The molecule has 2 N–H and O–H groups in total. The van der Waals surface area contributed by atoms with Gasteiger partial charge in [-0.1, -0.05) is 24.3 Å². The molecule has 4 rings (SSSR count). The lowest BCUT2D eigenvalue weighted by molar-refractivity contribution is -0.152. The van der Waals surface area contributed by atoms with Crippen molar-refractivity contribution in [3.8, 4) is 23.0 Å². The van der Waals surface area contributed by atoms with Gasteiger partial charge in [-0.2, -0.15) is 0 Å². The van der Waals surface area contributed by atoms with E-state index < -0.39 is 11.6 Å². The van der Waals surface area contributed by atoms with Gasteiger partial charge in [-0.3, -0.25) is 0 Å². The fourth-order valence-corrected chi connectivity index (χ4v) is 4.62. The van der Waals surface area contributed by atoms with Crippen LogP contribution in [0, 0.1) is 13.8 Å². The predicted molar refractivity (Wildman–Crippen MR) is 142 cm³/mol. The Morgan fingerprint density at radius 3 is 2.62 bits per heavy atom. The van der Waals surface area contributed by atoms with Crippen LogP contribution in [0.1, 0.15) is 47.5 Å². The molecule has 0 aliphatic rings. The summed E-state index contributed by atoms with van der Waals surface area (Å²) >= 11 is 1.58. The van der Waals surface area contributed by atoms with Gasteiger partial charge in [-0.25, -0.2) is 14.8 Å². The molecule has 194 valence electrons. The average molecular weight is 522 g/mol. The number of hydrogen-bond acceptors (Lipinski definition) is 8. The van der Waals surface area contributed by atoms with Crippen LogP contribution in [0.4, 0.5) is 0 Å². The van der Waals surface area contributed by atoms with E-state index in [1.54, 1.807) is 24.6 Å². The summed E-state index contributed by atoms with van der Waals surface area (Å²) in [5.74, 6) is 1.23. The number of rotatable bonds is 11. The van der Waals surface area contributed by atoms with Gasteiger partial charge in [0.05, 0.1) is 18.8 Å². The molecule has 37 heavy (non-hydrogen) atoms. The van der Waals surface area contributed by atoms with Crippen molar-refractivity contribution in [3.05, 3.63) is 81.6 Å². The highest BCUT2D eigenvalue weighted by atomic mass is 32.1. The smallest absolute Gasteiger partial charge is 0.347 e. The van der Waals surface area contributed by atoms with Crippen LogP contribution >= 0.6 is 11.3 Å². The highest BCUT2D eigenvalue weighted by molar-refractivity contribution is 7.09. The van der Waals surface area contributed by atoms with E-state index in [0.717, 1.165) is 33.2 Å². The van der Waals surface area contributed by atoms with Crippen molar-refractivity contribution in [1.29, 1.82) is 0 Å². The molecule has 0 saturated heterocycles. The zero-order valence-corrected chi connectivity index (χ0v) is 22.4. The van der Waals surface area contributed by atoms with E-state index in [-0.39, 0.29) is 6.04 Å². The van der Waals surface area contributed by atoms with Crippen molar-refractivity contribution < 1.29 is 23.8 Å². The van der Waals surface area contributed by atoms with E-state index >= 15 is 0 Å². The molecular formula is C28H31N3O5S. The van der Waals surface area contributed by atoms with Crippen molar-refractivity contribution in [2.45, 2.75) is 52.3 Å². The van der Waals surface area contributed by atoms with Gasteiger partial charge in [-0.05, 0) is 57.0 Å². The predicted octanol–water partition coefficient (Wildman–Crippen LogP) is 5.74. The Labute approximate surface area is 220 Å². The molecule has 0 bridgehead atoms. The maximum absolute atomic E-state index is 11.6. The van der Waals surface area contributed by atoms with Gasteiger partial charge in [0.25, 0.3) is 0 Å². The lowest BCUT2D eigenvalue weighted by Crippen LogP contribution is -2.38. The van der Waals surface area contributed by atoms with E-state index in [2.05, 4.69) is 10.3 Å². The number of benzene rings is 2. The Bertz CT molecular complexity index is 1350. The third-order valence-electron chi connectivity index (χ3n) is 6.01. The van der Waals surface area contributed by atoms with E-state index in [4.69, 9.17) is 18.9 Å². The first-order valence-corrected chi connectivity index (χ1v) is 12.8. The summed E-state index contributed by atoms with van der Waals surface area (Å²) in [6.07, 6.45) is 2.41. The van der Waals surface area contributed by atoms with Crippen molar-refractivity contribution in [2.24, 2.45) is 0 Å². The van der Waals surface area contributed by atoms with Crippen molar-refractivity contribution in [2.75, 3.05) is 7.11 Å². The molecule has 0 aliphatic heterocycles. The van der Waals surface area contributed by atoms with Crippen LogP contribution in [0.3, 0.4) is 0 Å². The number of thiazole rings is 1. The van der Waals surface area contributed by atoms with Crippen LogP contribution in [-0.4, -0.2) is 33.8 Å². The molecule has 0 fully saturated rings. The number of methoxy groups -OCH3 is 1. The van der Waals surface area contributed by atoms with Crippen LogP contribution in [0.2, 0.25) is 0 Å². The van der Waals surface area contributed by atoms with Crippen LogP contribution in [0.15, 0.2) is 58.5 Å². The molecule has 2 aromatic heterocycles. The standard InChI is InChI=1S/C28H31N3O5S/c1-17-13-19(14-23(34-5)24(17)36-28(3,4)27(32)33)16-30-22(26-29-11-12-37-26)15-21-18(2)35-25(31-21)20-9-7-6-8-10-20/h6-14,22,30H,15-16H2,1-5H3,(H,32,33). The van der Waals surface area contributed by atoms with Crippen LogP contribution in [0.5, 0.6) is 11.5 Å². The molecular weight excluding hydrogens is 490 g/mol. The SMILES string of the molecule is COc1cc(CNC(Cc2nc(-c3ccccc3)oc2C)c2nccs2)cc(C)c1OC(C)(C)C(=O)O. The number of carboxylic acids is 1. The number of hydrogen-bond donors (Lipinski definition) is 2. The molecule has 0 aliphatic carbocycles. The van der Waals surface area contributed by atoms with Gasteiger partial charge in [0.15, 0.2) is 17.1 Å². The molecule has 0 spiro atoms. The van der Waals surface area contributed by atoms with Gasteiger partial charge >= 0.3 is 5.97 Å². The molecule has 0 amide bonds. The van der Waals surface area contributed by atoms with Gasteiger partial charge in [0.2, 0.25) is 5.89 Å². The minimum atomic E-state index is -1.39. The lowest BCUT2D eigenvalue weighted by atomic mass is 10.1. The molecule has 0 radical (unpaired) electrons. The number of aliphatic carboxylic acids is 1. The fourth-order valence-electron chi connectivity index (χ4n) is 3.91. The normalized spacial score (nSPS) is 12.4. The van der Waals surface area contributed by atoms with Crippen LogP contribution in [0.25, 0.3) is 11.5 Å². The number of carbonyl (C=O) groups is 1. The molecule has 2 aromatic carbocycles. The molecule has 1 atom stereocenters. The maximum Gasteiger partial charge on any atom is 0.347 e. The van der Waals surface area contributed by atoms with E-state index in [9.17, 15) is 9.90 Å². The largest absolute Gasteiger partial charge is 0.493 e. The van der Waals surface area contributed by atoms with Crippen LogP contribution < -0.4 is 14.8 Å². The second-order valence-electron chi connectivity index (χ2n) is 9.26. The zero-order valence-electron chi connectivity index (χ0n) is 21.6. The number of oxazole rings is 1. The van der Waals surface area contributed by atoms with Gasteiger partial charge in [0, 0.05) is 30.1 Å². The number of carboxylic acid groups (broad SMARTS) is 1. The summed E-state index contributed by atoms with van der Waals surface area (Å²) in [5.41, 5.74) is 2.18. The zero-order chi connectivity index (χ0) is 26.6.